The van der Waals surface area contributed by atoms with Crippen LogP contribution in [-0.4, -0.2) is 0 Å². The summed E-state index contributed by atoms with van der Waals surface area (Å²) in [5.74, 6) is -10.2. The molecule has 1 rings (SSSR count). The molecule has 0 bridgehead atoms. The normalized spacial score (nSPS) is 15.1. The standard InChI is InChI=1S/C16H21F5/c1-6-8(2)9(7-16(3,4)5)10-11(17)13(19)15(21)14(20)12(10)18/h8-9H,6-7H2,1-5H3. The predicted octanol–water partition coefficient (Wildman–Crippen LogP) is 5.95. The Bertz CT molecular complexity index is 487. The summed E-state index contributed by atoms with van der Waals surface area (Å²) in [6, 6.07) is 0. The third kappa shape index (κ3) is 3.74. The Morgan fingerprint density at radius 3 is 1.52 bits per heavy atom. The molecule has 0 aliphatic heterocycles. The molecule has 2 unspecified atom stereocenters. The van der Waals surface area contributed by atoms with Crippen molar-refractivity contribution in [2.45, 2.75) is 53.4 Å². The minimum atomic E-state index is -2.10. The van der Waals surface area contributed by atoms with Gasteiger partial charge in [-0.05, 0) is 23.7 Å². The number of benzene rings is 1. The molecule has 0 saturated heterocycles. The maximum absolute atomic E-state index is 14.0. The van der Waals surface area contributed by atoms with Crippen molar-refractivity contribution in [1.29, 1.82) is 0 Å². The SMILES string of the molecule is CCC(C)C(CC(C)(C)C)c1c(F)c(F)c(F)c(F)c1F. The van der Waals surface area contributed by atoms with E-state index in [1.54, 1.807) is 6.92 Å². The summed E-state index contributed by atoms with van der Waals surface area (Å²) in [5.41, 5.74) is -0.982. The van der Waals surface area contributed by atoms with Gasteiger partial charge in [-0.15, -0.1) is 0 Å². The van der Waals surface area contributed by atoms with Crippen molar-refractivity contribution in [2.24, 2.45) is 11.3 Å². The lowest BCUT2D eigenvalue weighted by molar-refractivity contribution is 0.268. The van der Waals surface area contributed by atoms with Gasteiger partial charge in [-0.25, -0.2) is 22.0 Å². The van der Waals surface area contributed by atoms with Gasteiger partial charge >= 0.3 is 0 Å². The van der Waals surface area contributed by atoms with Crippen LogP contribution in [0.15, 0.2) is 0 Å². The number of rotatable bonds is 4. The van der Waals surface area contributed by atoms with E-state index in [0.717, 1.165) is 0 Å². The molecule has 0 saturated carbocycles. The third-order valence-corrected chi connectivity index (χ3v) is 3.78. The highest BCUT2D eigenvalue weighted by Crippen LogP contribution is 2.41. The maximum Gasteiger partial charge on any atom is 0.200 e. The van der Waals surface area contributed by atoms with E-state index in [1.807, 2.05) is 27.7 Å². The van der Waals surface area contributed by atoms with Crippen LogP contribution in [0, 0.1) is 40.4 Å². The molecule has 0 N–H and O–H groups in total. The first-order valence-corrected chi connectivity index (χ1v) is 7.02. The fourth-order valence-electron chi connectivity index (χ4n) is 2.48. The minimum Gasteiger partial charge on any atom is -0.203 e. The number of halogens is 5. The molecule has 0 spiro atoms. The van der Waals surface area contributed by atoms with Crippen LogP contribution in [0.25, 0.3) is 0 Å². The smallest absolute Gasteiger partial charge is 0.200 e. The van der Waals surface area contributed by atoms with Gasteiger partial charge in [0, 0.05) is 5.56 Å². The summed E-state index contributed by atoms with van der Waals surface area (Å²) < 4.78 is 68.0. The predicted molar refractivity (Wildman–Crippen MR) is 72.5 cm³/mol. The molecule has 0 aliphatic rings. The van der Waals surface area contributed by atoms with Crippen LogP contribution < -0.4 is 0 Å². The van der Waals surface area contributed by atoms with Crippen molar-refractivity contribution in [1.82, 2.24) is 0 Å². The molecule has 0 aromatic heterocycles. The molecule has 0 fully saturated rings. The third-order valence-electron chi connectivity index (χ3n) is 3.78. The summed E-state index contributed by atoms with van der Waals surface area (Å²) in [6.07, 6.45) is 0.917. The second-order valence-corrected chi connectivity index (χ2v) is 6.74. The molecule has 0 heterocycles. The summed E-state index contributed by atoms with van der Waals surface area (Å²) >= 11 is 0. The lowest BCUT2D eigenvalue weighted by atomic mass is 9.74. The Morgan fingerprint density at radius 1 is 0.810 bits per heavy atom. The Kier molecular flexibility index (Phi) is 5.40. The highest BCUT2D eigenvalue weighted by atomic mass is 19.2. The monoisotopic (exact) mass is 308 g/mol. The van der Waals surface area contributed by atoms with E-state index in [-0.39, 0.29) is 11.3 Å². The summed E-state index contributed by atoms with van der Waals surface area (Å²) in [7, 11) is 0. The highest BCUT2D eigenvalue weighted by Gasteiger charge is 2.34. The van der Waals surface area contributed by atoms with Crippen LogP contribution in [0.3, 0.4) is 0 Å². The first-order chi connectivity index (χ1) is 9.51. The van der Waals surface area contributed by atoms with E-state index in [1.165, 1.54) is 0 Å². The van der Waals surface area contributed by atoms with Crippen LogP contribution in [0.4, 0.5) is 22.0 Å². The largest absolute Gasteiger partial charge is 0.203 e. The zero-order valence-corrected chi connectivity index (χ0v) is 13.0. The molecular weight excluding hydrogens is 287 g/mol. The average Bonchev–Trinajstić information content (AvgIpc) is 2.39. The van der Waals surface area contributed by atoms with Crippen molar-refractivity contribution in [2.75, 3.05) is 0 Å². The van der Waals surface area contributed by atoms with Gasteiger partial charge in [-0.2, -0.15) is 0 Å². The molecule has 120 valence electrons. The molecule has 1 aromatic carbocycles. The van der Waals surface area contributed by atoms with Crippen molar-refractivity contribution in [3.8, 4) is 0 Å². The molecule has 0 nitrogen and oxygen atoms in total. The minimum absolute atomic E-state index is 0.197. The van der Waals surface area contributed by atoms with Gasteiger partial charge in [-0.3, -0.25) is 0 Å². The van der Waals surface area contributed by atoms with Crippen LogP contribution >= 0.6 is 0 Å². The second kappa shape index (κ2) is 6.32. The molecule has 0 radical (unpaired) electrons. The topological polar surface area (TPSA) is 0 Å². The van der Waals surface area contributed by atoms with Gasteiger partial charge in [0.25, 0.3) is 0 Å². The van der Waals surface area contributed by atoms with Crippen LogP contribution in [0.1, 0.15) is 58.9 Å². The number of hydrogen-bond acceptors (Lipinski definition) is 0. The zero-order valence-electron chi connectivity index (χ0n) is 13.0. The van der Waals surface area contributed by atoms with Gasteiger partial charge in [0.05, 0.1) is 0 Å². The van der Waals surface area contributed by atoms with Gasteiger partial charge in [0.15, 0.2) is 23.3 Å². The molecule has 2 atom stereocenters. The highest BCUT2D eigenvalue weighted by molar-refractivity contribution is 5.28. The molecule has 21 heavy (non-hydrogen) atoms. The van der Waals surface area contributed by atoms with Crippen LogP contribution in [-0.2, 0) is 0 Å². The fourth-order valence-corrected chi connectivity index (χ4v) is 2.48. The van der Waals surface area contributed by atoms with E-state index >= 15 is 0 Å². The Hall–Kier alpha value is -1.13. The van der Waals surface area contributed by atoms with E-state index in [2.05, 4.69) is 0 Å². The Labute approximate surface area is 122 Å². The van der Waals surface area contributed by atoms with Gasteiger partial charge in [-0.1, -0.05) is 41.0 Å². The quantitative estimate of drug-likeness (QED) is 0.366. The van der Waals surface area contributed by atoms with Gasteiger partial charge in [0.2, 0.25) is 5.82 Å². The molecule has 0 amide bonds. The molecule has 5 heteroatoms. The van der Waals surface area contributed by atoms with Crippen molar-refractivity contribution < 1.29 is 22.0 Å². The van der Waals surface area contributed by atoms with E-state index < -0.39 is 40.6 Å². The van der Waals surface area contributed by atoms with Crippen molar-refractivity contribution >= 4 is 0 Å². The van der Waals surface area contributed by atoms with E-state index in [4.69, 9.17) is 0 Å². The van der Waals surface area contributed by atoms with Crippen molar-refractivity contribution in [3.63, 3.8) is 0 Å². The van der Waals surface area contributed by atoms with Gasteiger partial charge < -0.3 is 0 Å². The first-order valence-electron chi connectivity index (χ1n) is 7.02. The Balaban J connectivity index is 3.51. The van der Waals surface area contributed by atoms with Gasteiger partial charge in [0.1, 0.15) is 0 Å². The maximum atomic E-state index is 14.0. The average molecular weight is 308 g/mol. The lowest BCUT2D eigenvalue weighted by Crippen LogP contribution is -2.21. The van der Waals surface area contributed by atoms with Crippen molar-refractivity contribution in [3.05, 3.63) is 34.6 Å². The molecule has 1 aromatic rings. The zero-order chi connectivity index (χ0) is 16.5. The number of hydrogen-bond donors (Lipinski definition) is 0. The van der Waals surface area contributed by atoms with E-state index in [9.17, 15) is 22.0 Å². The summed E-state index contributed by atoms with van der Waals surface area (Å²) in [5, 5.41) is 0. The summed E-state index contributed by atoms with van der Waals surface area (Å²) in [4.78, 5) is 0. The second-order valence-electron chi connectivity index (χ2n) is 6.74. The van der Waals surface area contributed by atoms with Crippen LogP contribution in [0.2, 0.25) is 0 Å². The first kappa shape index (κ1) is 17.9. The lowest BCUT2D eigenvalue weighted by Gasteiger charge is -2.31. The fraction of sp³-hybridized carbons (Fsp3) is 0.625. The van der Waals surface area contributed by atoms with Crippen LogP contribution in [0.5, 0.6) is 0 Å². The molecule has 0 aliphatic carbocycles. The molecular formula is C16H21F5. The summed E-state index contributed by atoms with van der Waals surface area (Å²) in [6.45, 7) is 9.19. The van der Waals surface area contributed by atoms with E-state index in [0.29, 0.717) is 12.8 Å². The Morgan fingerprint density at radius 2 is 1.19 bits per heavy atom.